The van der Waals surface area contributed by atoms with Crippen molar-refractivity contribution in [2.24, 2.45) is 0 Å². The molecule has 4 heteroatoms. The van der Waals surface area contributed by atoms with E-state index in [4.69, 9.17) is 4.74 Å². The maximum atomic E-state index is 5.48. The van der Waals surface area contributed by atoms with Gasteiger partial charge < -0.3 is 4.74 Å². The predicted molar refractivity (Wildman–Crippen MR) is 47.7 cm³/mol. The molecule has 0 bridgehead atoms. The molecule has 1 saturated heterocycles. The van der Waals surface area contributed by atoms with Crippen molar-refractivity contribution in [3.05, 3.63) is 22.7 Å². The molecule has 1 aromatic rings. The zero-order chi connectivity index (χ0) is 8.39. The van der Waals surface area contributed by atoms with Crippen molar-refractivity contribution in [1.82, 2.24) is 9.97 Å². The first-order valence-electron chi connectivity index (χ1n) is 3.95. The minimum absolute atomic E-state index is 0.185. The fourth-order valence-electron chi connectivity index (χ4n) is 1.33. The Morgan fingerprint density at radius 1 is 1.50 bits per heavy atom. The van der Waals surface area contributed by atoms with Gasteiger partial charge in [-0.3, -0.25) is 0 Å². The third-order valence-electron chi connectivity index (χ3n) is 1.91. The first kappa shape index (κ1) is 8.13. The van der Waals surface area contributed by atoms with Gasteiger partial charge in [-0.1, -0.05) is 0 Å². The van der Waals surface area contributed by atoms with Crippen molar-refractivity contribution < 1.29 is 4.74 Å². The summed E-state index contributed by atoms with van der Waals surface area (Å²) in [5.41, 5.74) is 0.981. The van der Waals surface area contributed by atoms with Crippen molar-refractivity contribution in [3.63, 3.8) is 0 Å². The van der Waals surface area contributed by atoms with Crippen LogP contribution in [0.15, 0.2) is 17.0 Å². The van der Waals surface area contributed by atoms with Crippen molar-refractivity contribution in [3.8, 4) is 0 Å². The van der Waals surface area contributed by atoms with E-state index >= 15 is 0 Å². The summed E-state index contributed by atoms with van der Waals surface area (Å²) >= 11 is 3.30. The highest BCUT2D eigenvalue weighted by Gasteiger charge is 2.18. The molecule has 2 heterocycles. The van der Waals surface area contributed by atoms with Gasteiger partial charge in [0.15, 0.2) is 0 Å². The van der Waals surface area contributed by atoms with Gasteiger partial charge in [0.25, 0.3) is 0 Å². The predicted octanol–water partition coefficient (Wildman–Crippen LogP) is 2.09. The van der Waals surface area contributed by atoms with Gasteiger partial charge in [0, 0.05) is 6.61 Å². The van der Waals surface area contributed by atoms with Crippen LogP contribution in [0.2, 0.25) is 0 Å². The van der Waals surface area contributed by atoms with Crippen molar-refractivity contribution in [2.75, 3.05) is 6.61 Å². The summed E-state index contributed by atoms with van der Waals surface area (Å²) in [7, 11) is 0. The van der Waals surface area contributed by atoms with Crippen molar-refractivity contribution in [1.29, 1.82) is 0 Å². The Morgan fingerprint density at radius 3 is 3.08 bits per heavy atom. The van der Waals surface area contributed by atoms with Gasteiger partial charge in [0.1, 0.15) is 10.9 Å². The number of hydrogen-bond acceptors (Lipinski definition) is 3. The Morgan fingerprint density at radius 2 is 2.42 bits per heavy atom. The lowest BCUT2D eigenvalue weighted by Crippen LogP contribution is -1.99. The minimum atomic E-state index is 0.185. The summed E-state index contributed by atoms with van der Waals surface area (Å²) in [5.74, 6) is 0. The third-order valence-corrected chi connectivity index (χ3v) is 2.35. The lowest BCUT2D eigenvalue weighted by molar-refractivity contribution is 0.108. The molecule has 1 fully saturated rings. The van der Waals surface area contributed by atoms with E-state index in [1.165, 1.54) is 0 Å². The largest absolute Gasteiger partial charge is 0.372 e. The Balaban J connectivity index is 2.21. The van der Waals surface area contributed by atoms with Crippen LogP contribution in [0.5, 0.6) is 0 Å². The average Bonchev–Trinajstić information content (AvgIpc) is 2.56. The molecule has 1 aliphatic rings. The van der Waals surface area contributed by atoms with Crippen LogP contribution in [0.4, 0.5) is 0 Å². The molecule has 0 spiro atoms. The number of aromatic nitrogens is 2. The highest BCUT2D eigenvalue weighted by Crippen LogP contribution is 2.27. The van der Waals surface area contributed by atoms with Crippen LogP contribution >= 0.6 is 15.9 Å². The fourth-order valence-corrected chi connectivity index (χ4v) is 1.66. The average molecular weight is 229 g/mol. The standard InChI is InChI=1S/C8H9BrN2O/c9-8-4-6(10-5-11-8)7-2-1-3-12-7/h4-5,7H,1-3H2/t7-/m0/s1. The molecular weight excluding hydrogens is 220 g/mol. The number of ether oxygens (including phenoxy) is 1. The summed E-state index contributed by atoms with van der Waals surface area (Å²) in [6.45, 7) is 0.853. The number of nitrogens with zero attached hydrogens (tertiary/aromatic N) is 2. The van der Waals surface area contributed by atoms with E-state index < -0.39 is 0 Å². The first-order chi connectivity index (χ1) is 5.86. The number of hydrogen-bond donors (Lipinski definition) is 0. The van der Waals surface area contributed by atoms with Crippen LogP contribution in [0.1, 0.15) is 24.6 Å². The van der Waals surface area contributed by atoms with Crippen molar-refractivity contribution in [2.45, 2.75) is 18.9 Å². The van der Waals surface area contributed by atoms with E-state index in [9.17, 15) is 0 Å². The van der Waals surface area contributed by atoms with E-state index in [2.05, 4.69) is 25.9 Å². The SMILES string of the molecule is Brc1cc([C@@H]2CCCO2)ncn1. The van der Waals surface area contributed by atoms with E-state index in [1.807, 2.05) is 6.07 Å². The maximum absolute atomic E-state index is 5.48. The molecule has 0 N–H and O–H groups in total. The normalized spacial score (nSPS) is 22.9. The quantitative estimate of drug-likeness (QED) is 0.691. The zero-order valence-electron chi connectivity index (χ0n) is 6.53. The molecule has 12 heavy (non-hydrogen) atoms. The zero-order valence-corrected chi connectivity index (χ0v) is 8.12. The molecule has 0 amide bonds. The van der Waals surface area contributed by atoms with Crippen molar-refractivity contribution >= 4 is 15.9 Å². The lowest BCUT2D eigenvalue weighted by Gasteiger charge is -2.07. The van der Waals surface area contributed by atoms with Crippen LogP contribution in [0.3, 0.4) is 0 Å². The molecule has 1 atom stereocenters. The van der Waals surface area contributed by atoms with Gasteiger partial charge in [0.05, 0.1) is 11.8 Å². The van der Waals surface area contributed by atoms with E-state index in [1.54, 1.807) is 6.33 Å². The second-order valence-electron chi connectivity index (χ2n) is 2.77. The van der Waals surface area contributed by atoms with Gasteiger partial charge in [-0.25, -0.2) is 9.97 Å². The molecule has 1 aliphatic heterocycles. The molecule has 0 unspecified atom stereocenters. The monoisotopic (exact) mass is 228 g/mol. The van der Waals surface area contributed by atoms with Gasteiger partial charge in [-0.05, 0) is 34.8 Å². The number of rotatable bonds is 1. The smallest absolute Gasteiger partial charge is 0.117 e. The van der Waals surface area contributed by atoms with Crippen LogP contribution < -0.4 is 0 Å². The molecule has 0 aliphatic carbocycles. The van der Waals surface area contributed by atoms with Gasteiger partial charge in [-0.2, -0.15) is 0 Å². The summed E-state index contributed by atoms with van der Waals surface area (Å²) in [6, 6.07) is 1.91. The third kappa shape index (κ3) is 1.64. The highest BCUT2D eigenvalue weighted by molar-refractivity contribution is 9.10. The molecule has 1 aromatic heterocycles. The first-order valence-corrected chi connectivity index (χ1v) is 4.74. The molecule has 0 radical (unpaired) electrons. The summed E-state index contributed by atoms with van der Waals surface area (Å²) in [5, 5.41) is 0. The molecular formula is C8H9BrN2O. The van der Waals surface area contributed by atoms with Gasteiger partial charge >= 0.3 is 0 Å². The van der Waals surface area contributed by atoms with E-state index in [0.29, 0.717) is 0 Å². The minimum Gasteiger partial charge on any atom is -0.372 e. The van der Waals surface area contributed by atoms with Gasteiger partial charge in [-0.15, -0.1) is 0 Å². The molecule has 2 rings (SSSR count). The topological polar surface area (TPSA) is 35.0 Å². The van der Waals surface area contributed by atoms with E-state index in [-0.39, 0.29) is 6.10 Å². The Labute approximate surface area is 79.3 Å². The van der Waals surface area contributed by atoms with Crippen LogP contribution in [0.25, 0.3) is 0 Å². The molecule has 64 valence electrons. The Kier molecular flexibility index (Phi) is 2.37. The van der Waals surface area contributed by atoms with E-state index in [0.717, 1.165) is 29.7 Å². The second-order valence-corrected chi connectivity index (χ2v) is 3.58. The maximum Gasteiger partial charge on any atom is 0.117 e. The summed E-state index contributed by atoms with van der Waals surface area (Å²) in [4.78, 5) is 8.12. The Bertz CT molecular complexity index is 274. The van der Waals surface area contributed by atoms with Gasteiger partial charge in [0.2, 0.25) is 0 Å². The second kappa shape index (κ2) is 3.49. The highest BCUT2D eigenvalue weighted by atomic mass is 79.9. The molecule has 0 saturated carbocycles. The van der Waals surface area contributed by atoms with Crippen LogP contribution in [-0.4, -0.2) is 16.6 Å². The molecule has 0 aromatic carbocycles. The molecule has 3 nitrogen and oxygen atoms in total. The van der Waals surface area contributed by atoms with Crippen LogP contribution in [0, 0.1) is 0 Å². The Hall–Kier alpha value is -0.480. The summed E-state index contributed by atoms with van der Waals surface area (Å²) in [6.07, 6.45) is 3.95. The number of halogens is 1. The fraction of sp³-hybridized carbons (Fsp3) is 0.500. The van der Waals surface area contributed by atoms with Crippen LogP contribution in [-0.2, 0) is 4.74 Å². The lowest BCUT2D eigenvalue weighted by atomic mass is 10.2. The summed E-state index contributed by atoms with van der Waals surface area (Å²) < 4.78 is 6.31.